The molecule has 3 rings (SSSR count). The molecular formula is C21H17Cl2N3O4. The van der Waals surface area contributed by atoms with Crippen molar-refractivity contribution in [2.24, 2.45) is 5.10 Å². The molecule has 2 aromatic carbocycles. The van der Waals surface area contributed by atoms with Crippen LogP contribution in [-0.4, -0.2) is 18.0 Å². The van der Waals surface area contributed by atoms with Gasteiger partial charge in [-0.25, -0.2) is 5.43 Å². The molecule has 0 saturated heterocycles. The normalized spacial score (nSPS) is 10.7. The number of hydrazone groups is 1. The molecule has 7 nitrogen and oxygen atoms in total. The molecule has 0 fully saturated rings. The smallest absolute Gasteiger partial charge is 0.329 e. The number of amides is 2. The van der Waals surface area contributed by atoms with E-state index in [4.69, 9.17) is 32.4 Å². The Morgan fingerprint density at radius 1 is 1.07 bits per heavy atom. The molecule has 0 radical (unpaired) electrons. The minimum absolute atomic E-state index is 0.117. The highest BCUT2D eigenvalue weighted by atomic mass is 35.5. The van der Waals surface area contributed by atoms with Gasteiger partial charge in [-0.1, -0.05) is 29.3 Å². The summed E-state index contributed by atoms with van der Waals surface area (Å²) in [7, 11) is 0. The van der Waals surface area contributed by atoms with Gasteiger partial charge in [-0.2, -0.15) is 5.10 Å². The van der Waals surface area contributed by atoms with Crippen molar-refractivity contribution in [3.63, 3.8) is 0 Å². The number of nitrogens with zero attached hydrogens (tertiary/aromatic N) is 1. The lowest BCUT2D eigenvalue weighted by Gasteiger charge is -2.08. The molecule has 3 aromatic rings. The molecule has 0 aliphatic heterocycles. The van der Waals surface area contributed by atoms with Gasteiger partial charge < -0.3 is 14.5 Å². The molecule has 9 heteroatoms. The predicted octanol–water partition coefficient (Wildman–Crippen LogP) is 3.93. The molecule has 154 valence electrons. The number of carbonyl (C=O) groups excluding carboxylic acids is 2. The molecule has 2 amide bonds. The van der Waals surface area contributed by atoms with E-state index in [1.165, 1.54) is 12.5 Å². The van der Waals surface area contributed by atoms with E-state index in [0.29, 0.717) is 33.7 Å². The topological polar surface area (TPSA) is 92.9 Å². The monoisotopic (exact) mass is 445 g/mol. The van der Waals surface area contributed by atoms with E-state index in [0.717, 1.165) is 5.56 Å². The van der Waals surface area contributed by atoms with Gasteiger partial charge in [-0.3, -0.25) is 9.59 Å². The van der Waals surface area contributed by atoms with Crippen molar-refractivity contribution in [3.05, 3.63) is 87.8 Å². The summed E-state index contributed by atoms with van der Waals surface area (Å²) in [6, 6.07) is 15.6. The number of rotatable bonds is 7. The Morgan fingerprint density at radius 3 is 2.57 bits per heavy atom. The Bertz CT molecular complexity index is 1030. The van der Waals surface area contributed by atoms with Crippen LogP contribution < -0.4 is 15.5 Å². The zero-order chi connectivity index (χ0) is 21.3. The van der Waals surface area contributed by atoms with Gasteiger partial charge in [0.1, 0.15) is 18.1 Å². The van der Waals surface area contributed by atoms with Crippen LogP contribution in [0.4, 0.5) is 0 Å². The Morgan fingerprint density at radius 2 is 1.87 bits per heavy atom. The lowest BCUT2D eigenvalue weighted by Crippen LogP contribution is -2.37. The van der Waals surface area contributed by atoms with Crippen LogP contribution in [0.5, 0.6) is 5.75 Å². The first-order valence-corrected chi connectivity index (χ1v) is 9.57. The first-order chi connectivity index (χ1) is 14.5. The number of hydrogen-bond donors (Lipinski definition) is 2. The Balaban J connectivity index is 1.44. The second-order valence-corrected chi connectivity index (χ2v) is 6.90. The lowest BCUT2D eigenvalue weighted by atomic mass is 10.2. The average molecular weight is 446 g/mol. The molecule has 30 heavy (non-hydrogen) atoms. The summed E-state index contributed by atoms with van der Waals surface area (Å²) in [6.07, 6.45) is 2.90. The van der Waals surface area contributed by atoms with Crippen molar-refractivity contribution in [2.75, 3.05) is 0 Å². The zero-order valence-corrected chi connectivity index (χ0v) is 17.1. The Hall–Kier alpha value is -3.29. The molecular weight excluding hydrogens is 429 g/mol. The van der Waals surface area contributed by atoms with Gasteiger partial charge in [-0.05, 0) is 54.1 Å². The molecule has 1 heterocycles. The number of nitrogens with one attached hydrogen (secondary N) is 2. The van der Waals surface area contributed by atoms with Crippen molar-refractivity contribution in [2.45, 2.75) is 13.2 Å². The molecule has 0 spiro atoms. The zero-order valence-electron chi connectivity index (χ0n) is 15.6. The molecule has 0 unspecified atom stereocenters. The SMILES string of the molecule is O=C(NCc1ccco1)C(=O)NN=Cc1ccc(OCc2ccc(Cl)cc2Cl)cc1. The fourth-order valence-corrected chi connectivity index (χ4v) is 2.79. The van der Waals surface area contributed by atoms with E-state index >= 15 is 0 Å². The van der Waals surface area contributed by atoms with E-state index in [2.05, 4.69) is 15.8 Å². The van der Waals surface area contributed by atoms with Crippen LogP contribution in [0.25, 0.3) is 0 Å². The number of hydrogen-bond acceptors (Lipinski definition) is 5. The standard InChI is InChI=1S/C21H17Cl2N3O4/c22-16-6-5-15(19(23)10-16)13-30-17-7-3-14(4-8-17)11-25-26-21(28)20(27)24-12-18-2-1-9-29-18/h1-11H,12-13H2,(H,24,27)(H,26,28). The first kappa shape index (κ1) is 21.4. The third-order valence-corrected chi connectivity index (χ3v) is 4.47. The fourth-order valence-electron chi connectivity index (χ4n) is 2.33. The van der Waals surface area contributed by atoms with Gasteiger partial charge in [-0.15, -0.1) is 0 Å². The molecule has 2 N–H and O–H groups in total. The van der Waals surface area contributed by atoms with Crippen molar-refractivity contribution >= 4 is 41.2 Å². The minimum atomic E-state index is -0.877. The number of halogens is 2. The van der Waals surface area contributed by atoms with Crippen LogP contribution in [-0.2, 0) is 22.7 Å². The maximum atomic E-state index is 11.7. The summed E-state index contributed by atoms with van der Waals surface area (Å²) in [6.45, 7) is 0.415. The van der Waals surface area contributed by atoms with E-state index in [-0.39, 0.29) is 6.54 Å². The van der Waals surface area contributed by atoms with Crippen molar-refractivity contribution in [1.82, 2.24) is 10.7 Å². The minimum Gasteiger partial charge on any atom is -0.489 e. The van der Waals surface area contributed by atoms with E-state index in [9.17, 15) is 9.59 Å². The van der Waals surface area contributed by atoms with E-state index in [1.54, 1.807) is 54.6 Å². The van der Waals surface area contributed by atoms with Crippen molar-refractivity contribution in [3.8, 4) is 5.75 Å². The molecule has 1 aromatic heterocycles. The number of ether oxygens (including phenoxy) is 1. The predicted molar refractivity (Wildman–Crippen MR) is 114 cm³/mol. The quantitative estimate of drug-likeness (QED) is 0.327. The number of furan rings is 1. The summed E-state index contributed by atoms with van der Waals surface area (Å²) in [5.74, 6) is -0.509. The second-order valence-electron chi connectivity index (χ2n) is 6.05. The van der Waals surface area contributed by atoms with Gasteiger partial charge in [0.2, 0.25) is 0 Å². The Kier molecular flexibility index (Phi) is 7.48. The third-order valence-electron chi connectivity index (χ3n) is 3.88. The highest BCUT2D eigenvalue weighted by molar-refractivity contribution is 6.35. The summed E-state index contributed by atoms with van der Waals surface area (Å²) in [5, 5.41) is 7.30. The van der Waals surface area contributed by atoms with Gasteiger partial charge in [0.05, 0.1) is 19.0 Å². The summed E-state index contributed by atoms with van der Waals surface area (Å²) >= 11 is 12.0. The molecule has 0 bridgehead atoms. The Labute approximate surface area is 182 Å². The summed E-state index contributed by atoms with van der Waals surface area (Å²) in [5.41, 5.74) is 3.69. The maximum Gasteiger partial charge on any atom is 0.329 e. The van der Waals surface area contributed by atoms with Gasteiger partial charge in [0.15, 0.2) is 0 Å². The van der Waals surface area contributed by atoms with E-state index < -0.39 is 11.8 Å². The van der Waals surface area contributed by atoms with Crippen LogP contribution in [0, 0.1) is 0 Å². The van der Waals surface area contributed by atoms with Crippen LogP contribution >= 0.6 is 23.2 Å². The highest BCUT2D eigenvalue weighted by Gasteiger charge is 2.12. The first-order valence-electron chi connectivity index (χ1n) is 8.81. The highest BCUT2D eigenvalue weighted by Crippen LogP contribution is 2.22. The van der Waals surface area contributed by atoms with Crippen molar-refractivity contribution in [1.29, 1.82) is 0 Å². The van der Waals surface area contributed by atoms with Crippen LogP contribution in [0.1, 0.15) is 16.9 Å². The summed E-state index contributed by atoms with van der Waals surface area (Å²) in [4.78, 5) is 23.4. The molecule has 0 aliphatic rings. The summed E-state index contributed by atoms with van der Waals surface area (Å²) < 4.78 is 10.8. The second kappa shape index (κ2) is 10.5. The largest absolute Gasteiger partial charge is 0.489 e. The fraction of sp³-hybridized carbons (Fsp3) is 0.0952. The molecule has 0 atom stereocenters. The third kappa shape index (κ3) is 6.37. The van der Waals surface area contributed by atoms with Gasteiger partial charge in [0, 0.05) is 15.6 Å². The molecule has 0 saturated carbocycles. The van der Waals surface area contributed by atoms with Crippen LogP contribution in [0.3, 0.4) is 0 Å². The van der Waals surface area contributed by atoms with Gasteiger partial charge >= 0.3 is 11.8 Å². The van der Waals surface area contributed by atoms with E-state index in [1.807, 2.05) is 0 Å². The van der Waals surface area contributed by atoms with Gasteiger partial charge in [0.25, 0.3) is 0 Å². The average Bonchev–Trinajstić information content (AvgIpc) is 3.26. The lowest BCUT2D eigenvalue weighted by molar-refractivity contribution is -0.139. The number of carbonyl (C=O) groups is 2. The number of benzene rings is 2. The van der Waals surface area contributed by atoms with Crippen LogP contribution in [0.15, 0.2) is 70.4 Å². The van der Waals surface area contributed by atoms with Crippen molar-refractivity contribution < 1.29 is 18.7 Å². The molecule has 0 aliphatic carbocycles. The van der Waals surface area contributed by atoms with Crippen LogP contribution in [0.2, 0.25) is 10.0 Å². The maximum absolute atomic E-state index is 11.7.